The van der Waals surface area contributed by atoms with Crippen molar-refractivity contribution in [2.45, 2.75) is 13.0 Å². The van der Waals surface area contributed by atoms with Crippen LogP contribution >= 0.6 is 11.6 Å². The first-order chi connectivity index (χ1) is 9.41. The normalized spacial score (nSPS) is 12.2. The van der Waals surface area contributed by atoms with Gasteiger partial charge in [0.05, 0.1) is 17.4 Å². The van der Waals surface area contributed by atoms with Crippen LogP contribution in [0.15, 0.2) is 36.4 Å². The molecule has 0 radical (unpaired) electrons. The Labute approximate surface area is 121 Å². The average molecular weight is 297 g/mol. The van der Waals surface area contributed by atoms with E-state index in [0.29, 0.717) is 10.7 Å². The summed E-state index contributed by atoms with van der Waals surface area (Å²) in [5.74, 6) is -1.43. The molecule has 5 heteroatoms. The quantitative estimate of drug-likeness (QED) is 0.851. The third kappa shape index (κ3) is 2.70. The number of hydrogen-bond acceptors (Lipinski definition) is 2. The fourth-order valence-corrected chi connectivity index (χ4v) is 2.39. The van der Waals surface area contributed by atoms with E-state index >= 15 is 0 Å². The molecule has 0 bridgehead atoms. The summed E-state index contributed by atoms with van der Waals surface area (Å²) in [6, 6.07) is 9.15. The number of halogens is 3. The van der Waals surface area contributed by atoms with Gasteiger partial charge in [0.25, 0.3) is 0 Å². The second kappa shape index (κ2) is 5.67. The summed E-state index contributed by atoms with van der Waals surface area (Å²) in [6.07, 6.45) is 0. The van der Waals surface area contributed by atoms with Gasteiger partial charge in [0, 0.05) is 18.1 Å². The van der Waals surface area contributed by atoms with Gasteiger partial charge in [0.15, 0.2) is 5.82 Å². The van der Waals surface area contributed by atoms with Crippen molar-refractivity contribution in [2.75, 3.05) is 17.7 Å². The zero-order chi connectivity index (χ0) is 14.9. The molecule has 1 atom stereocenters. The molecule has 2 aromatic carbocycles. The molecule has 0 aliphatic heterocycles. The number of hydrogen-bond donors (Lipinski definition) is 1. The molecule has 0 aliphatic carbocycles. The molecule has 2 aromatic rings. The molecule has 1 unspecified atom stereocenters. The zero-order valence-corrected chi connectivity index (χ0v) is 12.0. The van der Waals surface area contributed by atoms with Crippen LogP contribution in [0.3, 0.4) is 0 Å². The van der Waals surface area contributed by atoms with Crippen molar-refractivity contribution in [3.05, 3.63) is 58.6 Å². The molecule has 0 spiro atoms. The summed E-state index contributed by atoms with van der Waals surface area (Å²) in [6.45, 7) is 1.89. The number of anilines is 2. The second-order valence-electron chi connectivity index (χ2n) is 4.63. The van der Waals surface area contributed by atoms with Crippen molar-refractivity contribution < 1.29 is 8.78 Å². The largest absolute Gasteiger partial charge is 0.395 e. The van der Waals surface area contributed by atoms with Gasteiger partial charge in [0.1, 0.15) is 5.82 Å². The molecule has 0 saturated heterocycles. The summed E-state index contributed by atoms with van der Waals surface area (Å²) >= 11 is 6.15. The topological polar surface area (TPSA) is 29.3 Å². The lowest BCUT2D eigenvalue weighted by molar-refractivity contribution is 0.584. The van der Waals surface area contributed by atoms with E-state index in [-0.39, 0.29) is 11.7 Å². The Balaban J connectivity index is 2.41. The number of rotatable bonds is 3. The van der Waals surface area contributed by atoms with Crippen molar-refractivity contribution in [3.63, 3.8) is 0 Å². The van der Waals surface area contributed by atoms with Gasteiger partial charge in [-0.1, -0.05) is 29.8 Å². The van der Waals surface area contributed by atoms with E-state index < -0.39 is 11.6 Å². The summed E-state index contributed by atoms with van der Waals surface area (Å²) < 4.78 is 26.9. The molecule has 2 rings (SSSR count). The molecule has 20 heavy (non-hydrogen) atoms. The summed E-state index contributed by atoms with van der Waals surface area (Å²) in [5, 5.41) is 0.599. The summed E-state index contributed by atoms with van der Waals surface area (Å²) in [5.41, 5.74) is 6.78. The minimum Gasteiger partial charge on any atom is -0.395 e. The van der Waals surface area contributed by atoms with Crippen LogP contribution in [0.25, 0.3) is 0 Å². The molecule has 2 nitrogen and oxygen atoms in total. The summed E-state index contributed by atoms with van der Waals surface area (Å²) in [4.78, 5) is 1.70. The van der Waals surface area contributed by atoms with Gasteiger partial charge in [-0.15, -0.1) is 0 Å². The molecule has 0 heterocycles. The molecule has 2 N–H and O–H groups in total. The van der Waals surface area contributed by atoms with E-state index in [4.69, 9.17) is 17.3 Å². The maximum absolute atomic E-state index is 13.5. The van der Waals surface area contributed by atoms with Crippen LogP contribution in [0.2, 0.25) is 5.02 Å². The third-order valence-electron chi connectivity index (χ3n) is 3.39. The van der Waals surface area contributed by atoms with Crippen LogP contribution in [-0.2, 0) is 0 Å². The van der Waals surface area contributed by atoms with E-state index in [2.05, 4.69) is 0 Å². The van der Waals surface area contributed by atoms with Crippen LogP contribution in [0.4, 0.5) is 20.2 Å². The van der Waals surface area contributed by atoms with E-state index in [0.717, 1.165) is 11.6 Å². The van der Waals surface area contributed by atoms with Gasteiger partial charge in [-0.3, -0.25) is 0 Å². The first kappa shape index (κ1) is 14.6. The van der Waals surface area contributed by atoms with Gasteiger partial charge in [-0.25, -0.2) is 8.78 Å². The van der Waals surface area contributed by atoms with Crippen LogP contribution in [0.5, 0.6) is 0 Å². The van der Waals surface area contributed by atoms with Gasteiger partial charge in [-0.2, -0.15) is 0 Å². The number of nitrogen functional groups attached to an aromatic ring is 1. The first-order valence-corrected chi connectivity index (χ1v) is 6.51. The van der Waals surface area contributed by atoms with E-state index in [9.17, 15) is 8.78 Å². The Kier molecular flexibility index (Phi) is 4.14. The van der Waals surface area contributed by atoms with Gasteiger partial charge >= 0.3 is 0 Å². The molecule has 0 aliphatic rings. The monoisotopic (exact) mass is 296 g/mol. The van der Waals surface area contributed by atoms with Crippen molar-refractivity contribution in [1.29, 1.82) is 0 Å². The number of benzene rings is 2. The Morgan fingerprint density at radius 2 is 1.85 bits per heavy atom. The fourth-order valence-electron chi connectivity index (χ4n) is 2.09. The third-order valence-corrected chi connectivity index (χ3v) is 3.73. The molecule has 0 fully saturated rings. The predicted molar refractivity (Wildman–Crippen MR) is 79.0 cm³/mol. The van der Waals surface area contributed by atoms with Crippen LogP contribution in [-0.4, -0.2) is 7.05 Å². The minimum atomic E-state index is -0.766. The first-order valence-electron chi connectivity index (χ1n) is 6.13. The maximum Gasteiger partial charge on any atom is 0.151 e. The van der Waals surface area contributed by atoms with Crippen molar-refractivity contribution >= 4 is 23.0 Å². The smallest absolute Gasteiger partial charge is 0.151 e. The molecule has 0 aromatic heterocycles. The Morgan fingerprint density at radius 3 is 2.50 bits per heavy atom. The van der Waals surface area contributed by atoms with Crippen LogP contribution < -0.4 is 10.6 Å². The SMILES string of the molecule is CC(c1ccccc1Cl)N(C)c1cc(F)cc(F)c1N. The lowest BCUT2D eigenvalue weighted by Gasteiger charge is -2.29. The van der Waals surface area contributed by atoms with Crippen molar-refractivity contribution in [3.8, 4) is 0 Å². The molecule has 0 saturated carbocycles. The standard InChI is InChI=1S/C15H15ClF2N2/c1-9(11-5-3-4-6-12(11)16)20(2)14-8-10(17)7-13(18)15(14)19/h3-9H,19H2,1-2H3. The summed E-state index contributed by atoms with van der Waals surface area (Å²) in [7, 11) is 1.72. The highest BCUT2D eigenvalue weighted by Gasteiger charge is 2.19. The fraction of sp³-hybridized carbons (Fsp3) is 0.200. The molecular weight excluding hydrogens is 282 g/mol. The highest BCUT2D eigenvalue weighted by molar-refractivity contribution is 6.31. The minimum absolute atomic E-state index is 0.0761. The average Bonchev–Trinajstić information content (AvgIpc) is 2.42. The van der Waals surface area contributed by atoms with Crippen LogP contribution in [0.1, 0.15) is 18.5 Å². The highest BCUT2D eigenvalue weighted by Crippen LogP contribution is 2.34. The lowest BCUT2D eigenvalue weighted by atomic mass is 10.1. The van der Waals surface area contributed by atoms with E-state index in [1.165, 1.54) is 6.07 Å². The van der Waals surface area contributed by atoms with Gasteiger partial charge in [0.2, 0.25) is 0 Å². The predicted octanol–water partition coefficient (Wildman–Crippen LogP) is 4.40. The molecule has 0 amide bonds. The highest BCUT2D eigenvalue weighted by atomic mass is 35.5. The van der Waals surface area contributed by atoms with E-state index in [1.54, 1.807) is 18.0 Å². The Bertz CT molecular complexity index is 631. The lowest BCUT2D eigenvalue weighted by Crippen LogP contribution is -2.23. The Morgan fingerprint density at radius 1 is 1.20 bits per heavy atom. The Hall–Kier alpha value is -1.81. The van der Waals surface area contributed by atoms with Crippen molar-refractivity contribution in [1.82, 2.24) is 0 Å². The molecule has 106 valence electrons. The number of nitrogens with two attached hydrogens (primary N) is 1. The zero-order valence-electron chi connectivity index (χ0n) is 11.2. The second-order valence-corrected chi connectivity index (χ2v) is 5.04. The van der Waals surface area contributed by atoms with Gasteiger partial charge < -0.3 is 10.6 Å². The number of nitrogens with zero attached hydrogens (tertiary/aromatic N) is 1. The maximum atomic E-state index is 13.5. The van der Waals surface area contributed by atoms with Gasteiger partial charge in [-0.05, 0) is 24.6 Å². The van der Waals surface area contributed by atoms with Crippen molar-refractivity contribution in [2.24, 2.45) is 0 Å². The van der Waals surface area contributed by atoms with E-state index in [1.807, 2.05) is 25.1 Å². The molecular formula is C15H15ClF2N2. The van der Waals surface area contributed by atoms with Crippen LogP contribution in [0, 0.1) is 11.6 Å².